The Morgan fingerprint density at radius 1 is 1.33 bits per heavy atom. The minimum atomic E-state index is -0.0273. The maximum Gasteiger partial charge on any atom is 0.220 e. The number of rotatable bonds is 5. The van der Waals surface area contributed by atoms with E-state index in [0.717, 1.165) is 32.4 Å². The van der Waals surface area contributed by atoms with E-state index in [1.165, 1.54) is 19.3 Å². The lowest BCUT2D eigenvalue weighted by molar-refractivity contribution is -0.122. The Morgan fingerprint density at radius 3 is 2.72 bits per heavy atom. The molecule has 0 aromatic carbocycles. The predicted molar refractivity (Wildman–Crippen MR) is 71.2 cm³/mol. The molecule has 1 amide bonds. The van der Waals surface area contributed by atoms with Crippen LogP contribution in [0.25, 0.3) is 0 Å². The van der Waals surface area contributed by atoms with Crippen molar-refractivity contribution in [2.24, 2.45) is 11.3 Å². The highest BCUT2D eigenvalue weighted by Crippen LogP contribution is 2.36. The number of piperidine rings is 1. The van der Waals surface area contributed by atoms with E-state index in [4.69, 9.17) is 0 Å². The van der Waals surface area contributed by atoms with Gasteiger partial charge < -0.3 is 15.7 Å². The third kappa shape index (κ3) is 3.69. The summed E-state index contributed by atoms with van der Waals surface area (Å²) in [7, 11) is 0. The number of aliphatic hydroxyl groups excluding tert-OH is 1. The molecule has 4 heteroatoms. The summed E-state index contributed by atoms with van der Waals surface area (Å²) in [6.45, 7) is 2.92. The monoisotopic (exact) mass is 254 g/mol. The average Bonchev–Trinajstić information content (AvgIpc) is 2.87. The highest BCUT2D eigenvalue weighted by Gasteiger charge is 2.33. The van der Waals surface area contributed by atoms with E-state index in [9.17, 15) is 9.90 Å². The molecular weight excluding hydrogens is 228 g/mol. The number of carbonyl (C=O) groups excluding carboxylic acids is 1. The Morgan fingerprint density at radius 2 is 2.11 bits per heavy atom. The summed E-state index contributed by atoms with van der Waals surface area (Å²) in [5, 5.41) is 15.9. The molecule has 1 atom stereocenters. The average molecular weight is 254 g/mol. The summed E-state index contributed by atoms with van der Waals surface area (Å²) < 4.78 is 0. The summed E-state index contributed by atoms with van der Waals surface area (Å²) in [5.41, 5.74) is -0.0273. The van der Waals surface area contributed by atoms with Crippen LogP contribution < -0.4 is 10.6 Å². The first-order valence-electron chi connectivity index (χ1n) is 7.32. The lowest BCUT2D eigenvalue weighted by Crippen LogP contribution is -2.40. The third-order valence-corrected chi connectivity index (χ3v) is 4.53. The summed E-state index contributed by atoms with van der Waals surface area (Å²) >= 11 is 0. The smallest absolute Gasteiger partial charge is 0.220 e. The van der Waals surface area contributed by atoms with E-state index in [0.29, 0.717) is 18.9 Å². The van der Waals surface area contributed by atoms with Crippen LogP contribution in [0.4, 0.5) is 0 Å². The Balaban J connectivity index is 1.70. The molecule has 18 heavy (non-hydrogen) atoms. The molecule has 1 aliphatic carbocycles. The predicted octanol–water partition coefficient (Wildman–Crippen LogP) is 1.04. The van der Waals surface area contributed by atoms with Crippen LogP contribution in [-0.4, -0.2) is 37.3 Å². The van der Waals surface area contributed by atoms with Crippen molar-refractivity contribution in [2.45, 2.75) is 44.9 Å². The van der Waals surface area contributed by atoms with Crippen molar-refractivity contribution in [1.29, 1.82) is 0 Å². The molecule has 1 aliphatic heterocycles. The molecule has 0 bridgehead atoms. The minimum Gasteiger partial charge on any atom is -0.396 e. The van der Waals surface area contributed by atoms with Crippen LogP contribution in [0.3, 0.4) is 0 Å². The fourth-order valence-electron chi connectivity index (χ4n) is 3.23. The Kier molecular flexibility index (Phi) is 5.01. The molecule has 4 nitrogen and oxygen atoms in total. The van der Waals surface area contributed by atoms with Crippen LogP contribution >= 0.6 is 0 Å². The summed E-state index contributed by atoms with van der Waals surface area (Å²) in [6, 6.07) is 0. The molecule has 2 rings (SSSR count). The van der Waals surface area contributed by atoms with E-state index in [1.807, 2.05) is 0 Å². The molecule has 0 radical (unpaired) electrons. The first kappa shape index (κ1) is 13.8. The molecule has 2 fully saturated rings. The van der Waals surface area contributed by atoms with E-state index < -0.39 is 0 Å². The van der Waals surface area contributed by atoms with Gasteiger partial charge in [-0.25, -0.2) is 0 Å². The van der Waals surface area contributed by atoms with E-state index in [1.54, 1.807) is 0 Å². The molecule has 1 saturated heterocycles. The first-order chi connectivity index (χ1) is 8.74. The Hall–Kier alpha value is -0.610. The van der Waals surface area contributed by atoms with Crippen LogP contribution in [0, 0.1) is 11.3 Å². The summed E-state index contributed by atoms with van der Waals surface area (Å²) in [5.74, 6) is 0.649. The van der Waals surface area contributed by atoms with Crippen molar-refractivity contribution in [3.05, 3.63) is 0 Å². The molecule has 1 heterocycles. The zero-order chi connectivity index (χ0) is 12.8. The van der Waals surface area contributed by atoms with Gasteiger partial charge in [0, 0.05) is 18.4 Å². The second-order valence-corrected chi connectivity index (χ2v) is 6.06. The number of carbonyl (C=O) groups is 1. The van der Waals surface area contributed by atoms with Gasteiger partial charge in [-0.1, -0.05) is 12.8 Å². The van der Waals surface area contributed by atoms with Gasteiger partial charge in [0.05, 0.1) is 6.61 Å². The van der Waals surface area contributed by atoms with Crippen LogP contribution in [0.5, 0.6) is 0 Å². The van der Waals surface area contributed by atoms with Crippen molar-refractivity contribution in [1.82, 2.24) is 10.6 Å². The topological polar surface area (TPSA) is 61.4 Å². The van der Waals surface area contributed by atoms with Crippen LogP contribution in [0.2, 0.25) is 0 Å². The van der Waals surface area contributed by atoms with Crippen molar-refractivity contribution < 1.29 is 9.90 Å². The zero-order valence-corrected chi connectivity index (χ0v) is 11.2. The standard InChI is InChI=1S/C14H26N2O2/c17-11-14(5-1-2-6-14)10-16-13(18)8-12-4-3-7-15-9-12/h12,15,17H,1-11H2,(H,16,18). The molecule has 104 valence electrons. The molecule has 0 aromatic rings. The van der Waals surface area contributed by atoms with Crippen molar-refractivity contribution >= 4 is 5.91 Å². The van der Waals surface area contributed by atoms with Crippen LogP contribution in [0.15, 0.2) is 0 Å². The lowest BCUT2D eigenvalue weighted by Gasteiger charge is -2.27. The number of aliphatic hydroxyl groups is 1. The lowest BCUT2D eigenvalue weighted by atomic mass is 9.87. The Bertz CT molecular complexity index is 269. The van der Waals surface area contributed by atoms with Gasteiger partial charge in [0.1, 0.15) is 0 Å². The molecular formula is C14H26N2O2. The SMILES string of the molecule is O=C(CC1CCCNC1)NCC1(CO)CCCC1. The highest BCUT2D eigenvalue weighted by atomic mass is 16.3. The minimum absolute atomic E-state index is 0.0273. The summed E-state index contributed by atoms with van der Waals surface area (Å²) in [6.07, 6.45) is 7.44. The van der Waals surface area contributed by atoms with Crippen molar-refractivity contribution in [3.8, 4) is 0 Å². The molecule has 1 unspecified atom stereocenters. The number of amides is 1. The first-order valence-corrected chi connectivity index (χ1v) is 7.32. The quantitative estimate of drug-likeness (QED) is 0.687. The number of hydrogen-bond donors (Lipinski definition) is 3. The van der Waals surface area contributed by atoms with Gasteiger partial charge in [-0.05, 0) is 44.7 Å². The second-order valence-electron chi connectivity index (χ2n) is 6.06. The molecule has 0 spiro atoms. The van der Waals surface area contributed by atoms with Gasteiger partial charge in [0.15, 0.2) is 0 Å². The normalized spacial score (nSPS) is 27.1. The Labute approximate surface area is 110 Å². The maximum atomic E-state index is 11.9. The van der Waals surface area contributed by atoms with E-state index >= 15 is 0 Å². The van der Waals surface area contributed by atoms with E-state index in [-0.39, 0.29) is 17.9 Å². The van der Waals surface area contributed by atoms with E-state index in [2.05, 4.69) is 10.6 Å². The highest BCUT2D eigenvalue weighted by molar-refractivity contribution is 5.76. The van der Waals surface area contributed by atoms with Gasteiger partial charge in [-0.2, -0.15) is 0 Å². The third-order valence-electron chi connectivity index (χ3n) is 4.53. The largest absolute Gasteiger partial charge is 0.396 e. The van der Waals surface area contributed by atoms with Gasteiger partial charge in [0.2, 0.25) is 5.91 Å². The van der Waals surface area contributed by atoms with Crippen molar-refractivity contribution in [3.63, 3.8) is 0 Å². The van der Waals surface area contributed by atoms with Crippen LogP contribution in [-0.2, 0) is 4.79 Å². The molecule has 2 aliphatic rings. The van der Waals surface area contributed by atoms with Gasteiger partial charge in [-0.15, -0.1) is 0 Å². The van der Waals surface area contributed by atoms with Gasteiger partial charge >= 0.3 is 0 Å². The molecule has 1 saturated carbocycles. The van der Waals surface area contributed by atoms with Gasteiger partial charge in [-0.3, -0.25) is 4.79 Å². The number of nitrogens with one attached hydrogen (secondary N) is 2. The molecule has 3 N–H and O–H groups in total. The second kappa shape index (κ2) is 6.53. The maximum absolute atomic E-state index is 11.9. The summed E-state index contributed by atoms with van der Waals surface area (Å²) in [4.78, 5) is 11.9. The van der Waals surface area contributed by atoms with Gasteiger partial charge in [0.25, 0.3) is 0 Å². The van der Waals surface area contributed by atoms with Crippen molar-refractivity contribution in [2.75, 3.05) is 26.2 Å². The van der Waals surface area contributed by atoms with Crippen LogP contribution in [0.1, 0.15) is 44.9 Å². The fourth-order valence-corrected chi connectivity index (χ4v) is 3.23. The number of hydrogen-bond acceptors (Lipinski definition) is 3. The molecule has 0 aromatic heterocycles. The fraction of sp³-hybridized carbons (Fsp3) is 0.929. The zero-order valence-electron chi connectivity index (χ0n) is 11.2.